The van der Waals surface area contributed by atoms with Crippen LogP contribution in [0.25, 0.3) is 0 Å². The number of hydrogen-bond donors (Lipinski definition) is 1. The fraction of sp³-hybridized carbons (Fsp3) is 0.438. The van der Waals surface area contributed by atoms with Crippen LogP contribution in [0, 0.1) is 0 Å². The Hall–Kier alpha value is -2.41. The molecule has 23 heavy (non-hydrogen) atoms. The number of nitrogen functional groups attached to an aromatic ring is 1. The molecule has 0 aliphatic carbocycles. The van der Waals surface area contributed by atoms with Crippen LogP contribution in [0.4, 0.5) is 11.4 Å². The Kier molecular flexibility index (Phi) is 5.33. The number of rotatable bonds is 2. The van der Waals surface area contributed by atoms with E-state index in [1.807, 2.05) is 0 Å². The summed E-state index contributed by atoms with van der Waals surface area (Å²) in [5.41, 5.74) is 6.43. The van der Waals surface area contributed by atoms with Crippen molar-refractivity contribution in [1.82, 2.24) is 9.80 Å². The zero-order chi connectivity index (χ0) is 17.0. The minimum absolute atomic E-state index is 0.308. The first-order valence-corrected chi connectivity index (χ1v) is 7.66. The highest BCUT2D eigenvalue weighted by Gasteiger charge is 2.32. The maximum atomic E-state index is 12.5. The van der Waals surface area contributed by atoms with Crippen LogP contribution in [0.3, 0.4) is 0 Å². The average Bonchev–Trinajstić information content (AvgIpc) is 2.54. The summed E-state index contributed by atoms with van der Waals surface area (Å²) in [6.45, 7) is 6.66. The van der Waals surface area contributed by atoms with Crippen LogP contribution in [0.5, 0.6) is 0 Å². The van der Waals surface area contributed by atoms with Crippen LogP contribution in [-0.4, -0.2) is 60.2 Å². The van der Waals surface area contributed by atoms with Crippen LogP contribution in [0.1, 0.15) is 13.8 Å². The van der Waals surface area contributed by atoms with Crippen LogP contribution in [0.15, 0.2) is 24.3 Å². The Morgan fingerprint density at radius 2 is 1.83 bits per heavy atom. The molecule has 2 rings (SSSR count). The number of anilines is 2. The topological polar surface area (TPSA) is 87.0 Å². The molecule has 1 aliphatic heterocycles. The van der Waals surface area contributed by atoms with Gasteiger partial charge in [0.2, 0.25) is 5.91 Å². The van der Waals surface area contributed by atoms with Crippen molar-refractivity contribution in [3.63, 3.8) is 0 Å². The molecule has 1 aromatic carbocycles. The molecule has 0 aromatic heterocycles. The number of carbonyl (C=O) groups is 3. The Labute approximate surface area is 135 Å². The Bertz CT molecular complexity index is 609. The number of likely N-dealkylation sites (N-methyl/N-ethyl adjacent to an activating group) is 1. The zero-order valence-corrected chi connectivity index (χ0v) is 13.5. The van der Waals surface area contributed by atoms with Crippen molar-refractivity contribution in [3.8, 4) is 0 Å². The summed E-state index contributed by atoms with van der Waals surface area (Å²) in [5, 5.41) is 0. The second-order valence-electron chi connectivity index (χ2n) is 5.48. The first-order chi connectivity index (χ1) is 10.9. The third kappa shape index (κ3) is 3.87. The molecule has 0 radical (unpaired) electrons. The molecular weight excluding hydrogens is 296 g/mol. The highest BCUT2D eigenvalue weighted by Crippen LogP contribution is 2.19. The van der Waals surface area contributed by atoms with E-state index in [0.717, 1.165) is 24.5 Å². The number of amides is 3. The van der Waals surface area contributed by atoms with Crippen molar-refractivity contribution < 1.29 is 14.4 Å². The van der Waals surface area contributed by atoms with E-state index in [2.05, 4.69) is 11.8 Å². The number of hydrogen-bond acceptors (Lipinski definition) is 5. The largest absolute Gasteiger partial charge is 0.399 e. The minimum Gasteiger partial charge on any atom is -0.399 e. The minimum atomic E-state index is -0.840. The molecule has 1 fully saturated rings. The van der Waals surface area contributed by atoms with Gasteiger partial charge in [-0.2, -0.15) is 0 Å². The van der Waals surface area contributed by atoms with Gasteiger partial charge in [-0.3, -0.25) is 14.4 Å². The number of benzene rings is 1. The summed E-state index contributed by atoms with van der Waals surface area (Å²) >= 11 is 0. The van der Waals surface area contributed by atoms with Crippen LogP contribution < -0.4 is 10.6 Å². The van der Waals surface area contributed by atoms with Crippen molar-refractivity contribution in [3.05, 3.63) is 24.3 Å². The summed E-state index contributed by atoms with van der Waals surface area (Å²) in [5.74, 6) is -2.01. The third-order valence-corrected chi connectivity index (χ3v) is 3.94. The van der Waals surface area contributed by atoms with Gasteiger partial charge in [0.05, 0.1) is 5.69 Å². The molecule has 1 saturated heterocycles. The average molecular weight is 318 g/mol. The molecule has 0 atom stereocenters. The van der Waals surface area contributed by atoms with Gasteiger partial charge in [0.1, 0.15) is 0 Å². The zero-order valence-electron chi connectivity index (χ0n) is 13.5. The molecule has 7 heteroatoms. The lowest BCUT2D eigenvalue weighted by molar-refractivity contribution is -0.146. The molecule has 0 bridgehead atoms. The van der Waals surface area contributed by atoms with Gasteiger partial charge in [0.25, 0.3) is 0 Å². The monoisotopic (exact) mass is 318 g/mol. The van der Waals surface area contributed by atoms with Crippen LogP contribution in [0.2, 0.25) is 0 Å². The highest BCUT2D eigenvalue weighted by atomic mass is 16.2. The fourth-order valence-electron chi connectivity index (χ4n) is 2.60. The van der Waals surface area contributed by atoms with E-state index >= 15 is 0 Å². The maximum Gasteiger partial charge on any atom is 0.323 e. The molecule has 2 N–H and O–H groups in total. The fourth-order valence-corrected chi connectivity index (χ4v) is 2.60. The first kappa shape index (κ1) is 17.0. The first-order valence-electron chi connectivity index (χ1n) is 7.66. The van der Waals surface area contributed by atoms with E-state index in [1.54, 1.807) is 18.2 Å². The lowest BCUT2D eigenvalue weighted by atomic mass is 10.2. The molecule has 3 amide bonds. The molecule has 0 spiro atoms. The smallest absolute Gasteiger partial charge is 0.323 e. The third-order valence-electron chi connectivity index (χ3n) is 3.94. The number of imide groups is 1. The summed E-state index contributed by atoms with van der Waals surface area (Å²) in [6, 6.07) is 6.37. The Morgan fingerprint density at radius 1 is 1.17 bits per heavy atom. The van der Waals surface area contributed by atoms with Crippen molar-refractivity contribution in [2.75, 3.05) is 43.4 Å². The molecule has 124 valence electrons. The summed E-state index contributed by atoms with van der Waals surface area (Å²) in [7, 11) is 0. The van der Waals surface area contributed by atoms with Gasteiger partial charge in [-0.1, -0.05) is 13.0 Å². The second-order valence-corrected chi connectivity index (χ2v) is 5.48. The summed E-state index contributed by atoms with van der Waals surface area (Å²) < 4.78 is 0. The number of piperazine rings is 1. The normalized spacial score (nSPS) is 15.3. The predicted molar refractivity (Wildman–Crippen MR) is 87.7 cm³/mol. The van der Waals surface area contributed by atoms with Gasteiger partial charge in [-0.25, -0.2) is 4.90 Å². The Balaban J connectivity index is 2.15. The van der Waals surface area contributed by atoms with Gasteiger partial charge in [-0.05, 0) is 24.7 Å². The molecule has 0 saturated carbocycles. The second kappa shape index (κ2) is 7.23. The standard InChI is InChI=1S/C16H22N4O3/c1-3-18-7-9-19(10-8-18)15(22)16(23)20(12(2)21)14-6-4-5-13(17)11-14/h4-6,11H,3,7-10,17H2,1-2H3. The SMILES string of the molecule is CCN1CCN(C(=O)C(=O)N(C(C)=O)c2cccc(N)c2)CC1. The van der Waals surface area contributed by atoms with E-state index < -0.39 is 17.7 Å². The molecule has 0 unspecified atom stereocenters. The van der Waals surface area contributed by atoms with E-state index in [9.17, 15) is 14.4 Å². The van der Waals surface area contributed by atoms with E-state index in [1.165, 1.54) is 17.9 Å². The van der Waals surface area contributed by atoms with Gasteiger partial charge in [-0.15, -0.1) is 0 Å². The summed E-state index contributed by atoms with van der Waals surface area (Å²) in [6.07, 6.45) is 0. The molecular formula is C16H22N4O3. The lowest BCUT2D eigenvalue weighted by Crippen LogP contribution is -2.54. The molecule has 7 nitrogen and oxygen atoms in total. The van der Waals surface area contributed by atoms with Crippen molar-refractivity contribution in [2.24, 2.45) is 0 Å². The Morgan fingerprint density at radius 3 is 2.35 bits per heavy atom. The maximum absolute atomic E-state index is 12.5. The van der Waals surface area contributed by atoms with Crippen molar-refractivity contribution >= 4 is 29.1 Å². The number of nitrogens with two attached hydrogens (primary N) is 1. The molecule has 1 aromatic rings. The van der Waals surface area contributed by atoms with Crippen molar-refractivity contribution in [1.29, 1.82) is 0 Å². The van der Waals surface area contributed by atoms with Gasteiger partial charge in [0.15, 0.2) is 0 Å². The van der Waals surface area contributed by atoms with E-state index in [4.69, 9.17) is 5.73 Å². The van der Waals surface area contributed by atoms with Gasteiger partial charge >= 0.3 is 11.8 Å². The van der Waals surface area contributed by atoms with E-state index in [0.29, 0.717) is 24.5 Å². The van der Waals surface area contributed by atoms with Crippen molar-refractivity contribution in [2.45, 2.75) is 13.8 Å². The van der Waals surface area contributed by atoms with Crippen LogP contribution >= 0.6 is 0 Å². The van der Waals surface area contributed by atoms with Crippen LogP contribution in [-0.2, 0) is 14.4 Å². The van der Waals surface area contributed by atoms with Gasteiger partial charge in [0, 0.05) is 38.8 Å². The number of carbonyl (C=O) groups excluding carboxylic acids is 3. The van der Waals surface area contributed by atoms with E-state index in [-0.39, 0.29) is 0 Å². The summed E-state index contributed by atoms with van der Waals surface area (Å²) in [4.78, 5) is 41.4. The molecule has 1 heterocycles. The lowest BCUT2D eigenvalue weighted by Gasteiger charge is -2.34. The highest BCUT2D eigenvalue weighted by molar-refractivity contribution is 6.45. The van der Waals surface area contributed by atoms with Gasteiger partial charge < -0.3 is 15.5 Å². The predicted octanol–water partition coefficient (Wildman–Crippen LogP) is 0.312. The number of nitrogens with zero attached hydrogens (tertiary/aromatic N) is 3. The molecule has 1 aliphatic rings. The quantitative estimate of drug-likeness (QED) is 0.626.